The highest BCUT2D eigenvalue weighted by Gasteiger charge is 2.40. The molecular formula is C23H37N3O3S2. The van der Waals surface area contributed by atoms with Crippen LogP contribution in [-0.2, 0) is 20.2 Å². The van der Waals surface area contributed by atoms with Gasteiger partial charge in [0.05, 0.1) is 4.90 Å². The number of hydrogen-bond acceptors (Lipinski definition) is 5. The van der Waals surface area contributed by atoms with Crippen molar-refractivity contribution in [3.63, 3.8) is 0 Å². The van der Waals surface area contributed by atoms with Crippen LogP contribution in [0.1, 0.15) is 58.4 Å². The van der Waals surface area contributed by atoms with Crippen LogP contribution < -0.4 is 10.0 Å². The molecule has 2 N–H and O–H groups in total. The van der Waals surface area contributed by atoms with Gasteiger partial charge in [-0.05, 0) is 36.0 Å². The fourth-order valence-electron chi connectivity index (χ4n) is 4.54. The number of nitrogens with zero attached hydrogens (tertiary/aromatic N) is 1. The molecule has 2 aliphatic rings. The van der Waals surface area contributed by atoms with Crippen LogP contribution in [0, 0.1) is 0 Å². The molecule has 0 aromatic heterocycles. The van der Waals surface area contributed by atoms with E-state index in [0.29, 0.717) is 6.54 Å². The molecule has 1 aromatic rings. The van der Waals surface area contributed by atoms with Crippen LogP contribution in [-0.4, -0.2) is 62.4 Å². The molecular weight excluding hydrogens is 430 g/mol. The minimum Gasteiger partial charge on any atom is -0.354 e. The molecule has 1 heterocycles. The maximum atomic E-state index is 12.5. The molecule has 2 fully saturated rings. The number of thioether (sulfide) groups is 1. The van der Waals surface area contributed by atoms with Crippen molar-refractivity contribution in [2.45, 2.75) is 68.7 Å². The molecule has 8 heteroatoms. The van der Waals surface area contributed by atoms with E-state index in [4.69, 9.17) is 0 Å². The zero-order valence-electron chi connectivity index (χ0n) is 19.1. The van der Waals surface area contributed by atoms with E-state index < -0.39 is 10.0 Å². The molecule has 0 unspecified atom stereocenters. The number of amides is 1. The van der Waals surface area contributed by atoms with Gasteiger partial charge in [0.1, 0.15) is 0 Å². The summed E-state index contributed by atoms with van der Waals surface area (Å²) in [6.07, 6.45) is 4.84. The number of rotatable bonds is 8. The largest absolute Gasteiger partial charge is 0.354 e. The molecule has 0 spiro atoms. The summed E-state index contributed by atoms with van der Waals surface area (Å²) in [5.74, 6) is 2.23. The third-order valence-corrected chi connectivity index (χ3v) is 8.93. The first-order valence-corrected chi connectivity index (χ1v) is 14.0. The Morgan fingerprint density at radius 1 is 1.10 bits per heavy atom. The van der Waals surface area contributed by atoms with Crippen molar-refractivity contribution in [1.82, 2.24) is 14.9 Å². The van der Waals surface area contributed by atoms with E-state index in [0.717, 1.165) is 43.0 Å². The lowest BCUT2D eigenvalue weighted by Gasteiger charge is -2.43. The minimum absolute atomic E-state index is 0.0302. The highest BCUT2D eigenvalue weighted by molar-refractivity contribution is 7.99. The quantitative estimate of drug-likeness (QED) is 0.614. The standard InChI is InChI=1S/C23H37N3O3S2/c1-22(2,3)19-6-8-20(9-7-19)31(28,29)25-13-10-21(27)24-18-23(11-4-5-12-23)26-14-16-30-17-15-26/h6-9,25H,4-5,10-18H2,1-3H3,(H,24,27). The van der Waals surface area contributed by atoms with Crippen LogP contribution in [0.4, 0.5) is 0 Å². The van der Waals surface area contributed by atoms with Crippen LogP contribution in [0.2, 0.25) is 0 Å². The smallest absolute Gasteiger partial charge is 0.240 e. The molecule has 1 aromatic carbocycles. The van der Waals surface area contributed by atoms with Gasteiger partial charge in [-0.2, -0.15) is 11.8 Å². The van der Waals surface area contributed by atoms with Gasteiger partial charge in [0.2, 0.25) is 15.9 Å². The first-order valence-electron chi connectivity index (χ1n) is 11.3. The van der Waals surface area contributed by atoms with Crippen LogP contribution in [0.3, 0.4) is 0 Å². The number of carbonyl (C=O) groups excluding carboxylic acids is 1. The SMILES string of the molecule is CC(C)(C)c1ccc(S(=O)(=O)NCCC(=O)NCC2(N3CCSCC3)CCCC2)cc1. The number of nitrogens with one attached hydrogen (secondary N) is 2. The van der Waals surface area contributed by atoms with Gasteiger partial charge in [0.15, 0.2) is 0 Å². The maximum Gasteiger partial charge on any atom is 0.240 e. The number of benzene rings is 1. The van der Waals surface area contributed by atoms with Crippen LogP contribution >= 0.6 is 11.8 Å². The van der Waals surface area contributed by atoms with Gasteiger partial charge < -0.3 is 5.32 Å². The van der Waals surface area contributed by atoms with E-state index in [2.05, 4.69) is 35.7 Å². The average molecular weight is 468 g/mol. The van der Waals surface area contributed by atoms with Crippen molar-refractivity contribution in [2.24, 2.45) is 0 Å². The first kappa shape index (κ1) is 24.6. The molecule has 31 heavy (non-hydrogen) atoms. The van der Waals surface area contributed by atoms with Crippen molar-refractivity contribution < 1.29 is 13.2 Å². The third kappa shape index (κ3) is 6.46. The van der Waals surface area contributed by atoms with E-state index in [9.17, 15) is 13.2 Å². The second-order valence-electron chi connectivity index (χ2n) is 9.73. The molecule has 0 bridgehead atoms. The Morgan fingerprint density at radius 3 is 2.29 bits per heavy atom. The average Bonchev–Trinajstić information content (AvgIpc) is 3.23. The predicted octanol–water partition coefficient (Wildman–Crippen LogP) is 3.13. The fourth-order valence-corrected chi connectivity index (χ4v) is 6.48. The molecule has 6 nitrogen and oxygen atoms in total. The lowest BCUT2D eigenvalue weighted by Crippen LogP contribution is -2.56. The van der Waals surface area contributed by atoms with Crippen molar-refractivity contribution in [2.75, 3.05) is 37.7 Å². The molecule has 1 aliphatic carbocycles. The van der Waals surface area contributed by atoms with E-state index >= 15 is 0 Å². The van der Waals surface area contributed by atoms with Gasteiger partial charge in [-0.3, -0.25) is 9.69 Å². The van der Waals surface area contributed by atoms with Crippen LogP contribution in [0.15, 0.2) is 29.2 Å². The van der Waals surface area contributed by atoms with Gasteiger partial charge in [-0.15, -0.1) is 0 Å². The third-order valence-electron chi connectivity index (χ3n) is 6.51. The van der Waals surface area contributed by atoms with Crippen molar-refractivity contribution in [3.8, 4) is 0 Å². The summed E-state index contributed by atoms with van der Waals surface area (Å²) in [6.45, 7) is 9.22. The van der Waals surface area contributed by atoms with Crippen LogP contribution in [0.25, 0.3) is 0 Å². The number of hydrogen-bond donors (Lipinski definition) is 2. The monoisotopic (exact) mass is 467 g/mol. The van der Waals surface area contributed by atoms with Gasteiger partial charge in [0.25, 0.3) is 0 Å². The van der Waals surface area contributed by atoms with Crippen molar-refractivity contribution >= 4 is 27.7 Å². The highest BCUT2D eigenvalue weighted by Crippen LogP contribution is 2.36. The van der Waals surface area contributed by atoms with E-state index in [1.807, 2.05) is 23.9 Å². The van der Waals surface area contributed by atoms with Gasteiger partial charge >= 0.3 is 0 Å². The summed E-state index contributed by atoms with van der Waals surface area (Å²) in [7, 11) is -3.62. The molecule has 1 saturated carbocycles. The summed E-state index contributed by atoms with van der Waals surface area (Å²) in [6, 6.07) is 6.95. The van der Waals surface area contributed by atoms with Crippen molar-refractivity contribution in [3.05, 3.63) is 29.8 Å². The topological polar surface area (TPSA) is 78.5 Å². The Hall–Kier alpha value is -1.09. The summed E-state index contributed by atoms with van der Waals surface area (Å²) in [4.78, 5) is 15.2. The normalized spacial score (nSPS) is 20.0. The summed E-state index contributed by atoms with van der Waals surface area (Å²) >= 11 is 2.00. The predicted molar refractivity (Wildman–Crippen MR) is 128 cm³/mol. The zero-order valence-corrected chi connectivity index (χ0v) is 20.7. The highest BCUT2D eigenvalue weighted by atomic mass is 32.2. The summed E-state index contributed by atoms with van der Waals surface area (Å²) in [5.41, 5.74) is 1.14. The van der Waals surface area contributed by atoms with Gasteiger partial charge in [0, 0.05) is 49.6 Å². The van der Waals surface area contributed by atoms with Crippen LogP contribution in [0.5, 0.6) is 0 Å². The summed E-state index contributed by atoms with van der Waals surface area (Å²) in [5, 5.41) is 3.09. The molecule has 0 radical (unpaired) electrons. The molecule has 3 rings (SSSR count). The second-order valence-corrected chi connectivity index (χ2v) is 12.7. The molecule has 174 valence electrons. The van der Waals surface area contributed by atoms with E-state index in [-0.39, 0.29) is 34.7 Å². The Labute approximate surface area is 192 Å². The van der Waals surface area contributed by atoms with Gasteiger partial charge in [-0.25, -0.2) is 13.1 Å². The maximum absolute atomic E-state index is 12.5. The van der Waals surface area contributed by atoms with Gasteiger partial charge in [-0.1, -0.05) is 45.7 Å². The Bertz CT molecular complexity index is 836. The van der Waals surface area contributed by atoms with Crippen molar-refractivity contribution in [1.29, 1.82) is 0 Å². The Morgan fingerprint density at radius 2 is 1.71 bits per heavy atom. The molecule has 1 saturated heterocycles. The number of sulfonamides is 1. The molecule has 1 amide bonds. The van der Waals surface area contributed by atoms with E-state index in [1.54, 1.807) is 12.1 Å². The first-order chi connectivity index (χ1) is 14.6. The Balaban J connectivity index is 1.48. The minimum atomic E-state index is -3.62. The lowest BCUT2D eigenvalue weighted by atomic mass is 9.87. The van der Waals surface area contributed by atoms with E-state index in [1.165, 1.54) is 12.8 Å². The lowest BCUT2D eigenvalue weighted by molar-refractivity contribution is -0.121. The molecule has 0 atom stereocenters. The zero-order chi connectivity index (χ0) is 22.5. The fraction of sp³-hybridized carbons (Fsp3) is 0.696. The number of carbonyl (C=O) groups is 1. The summed E-state index contributed by atoms with van der Waals surface area (Å²) < 4.78 is 27.7. The second kappa shape index (κ2) is 10.2. The Kier molecular flexibility index (Phi) is 8.10. The molecule has 1 aliphatic heterocycles.